The van der Waals surface area contributed by atoms with Gasteiger partial charge >= 0.3 is 6.29 Å². The zero-order chi connectivity index (χ0) is 23.3. The van der Waals surface area contributed by atoms with Crippen molar-refractivity contribution in [2.24, 2.45) is 5.92 Å². The first kappa shape index (κ1) is 21.5. The molecular weight excluding hydrogens is 444 g/mol. The Hall–Kier alpha value is -3.07. The van der Waals surface area contributed by atoms with Crippen LogP contribution in [0.15, 0.2) is 36.4 Å². The number of hydrogen-bond donors (Lipinski definition) is 1. The van der Waals surface area contributed by atoms with Gasteiger partial charge in [0.2, 0.25) is 5.91 Å². The van der Waals surface area contributed by atoms with Crippen molar-refractivity contribution in [3.8, 4) is 17.2 Å². The molecule has 6 rings (SSSR count). The Bertz CT molecular complexity index is 1100. The molecule has 4 aliphatic rings. The SMILES string of the molecule is O=C1Nc2cc(OCCCCN3CCN(c4cccc5c4OC(F)(F)O5)CC3)ccc2[C@@H]2C[C@H]12. The minimum absolute atomic E-state index is 0.0861. The summed E-state index contributed by atoms with van der Waals surface area (Å²) in [6.45, 7) is 4.78. The van der Waals surface area contributed by atoms with Crippen LogP contribution in [0, 0.1) is 5.92 Å². The molecule has 1 N–H and O–H groups in total. The Morgan fingerprint density at radius 3 is 2.76 bits per heavy atom. The second-order valence-electron chi connectivity index (χ2n) is 9.34. The molecule has 1 aliphatic carbocycles. The molecule has 2 fully saturated rings. The maximum atomic E-state index is 13.5. The van der Waals surface area contributed by atoms with Gasteiger partial charge in [0, 0.05) is 43.9 Å². The van der Waals surface area contributed by atoms with Crippen molar-refractivity contribution in [2.75, 3.05) is 49.5 Å². The van der Waals surface area contributed by atoms with Gasteiger partial charge in [0.25, 0.3) is 0 Å². The van der Waals surface area contributed by atoms with Crippen molar-refractivity contribution in [2.45, 2.75) is 31.5 Å². The second-order valence-corrected chi connectivity index (χ2v) is 9.34. The first-order valence-corrected chi connectivity index (χ1v) is 11.9. The largest absolute Gasteiger partial charge is 0.586 e. The number of anilines is 2. The van der Waals surface area contributed by atoms with Crippen molar-refractivity contribution in [1.82, 2.24) is 4.90 Å². The van der Waals surface area contributed by atoms with E-state index in [9.17, 15) is 13.6 Å². The molecule has 0 unspecified atom stereocenters. The first-order chi connectivity index (χ1) is 16.5. The van der Waals surface area contributed by atoms with Crippen LogP contribution in [0.3, 0.4) is 0 Å². The fraction of sp³-hybridized carbons (Fsp3) is 0.480. The Kier molecular flexibility index (Phi) is 5.24. The van der Waals surface area contributed by atoms with E-state index in [2.05, 4.69) is 25.9 Å². The number of ether oxygens (including phenoxy) is 3. The molecule has 3 aliphatic heterocycles. The first-order valence-electron chi connectivity index (χ1n) is 11.9. The van der Waals surface area contributed by atoms with Gasteiger partial charge in [-0.2, -0.15) is 0 Å². The third-order valence-corrected chi connectivity index (χ3v) is 7.07. The number of piperazine rings is 1. The van der Waals surface area contributed by atoms with Gasteiger partial charge < -0.3 is 24.4 Å². The van der Waals surface area contributed by atoms with Gasteiger partial charge in [-0.25, -0.2) is 0 Å². The van der Waals surface area contributed by atoms with Crippen molar-refractivity contribution < 1.29 is 27.8 Å². The fourth-order valence-electron chi connectivity index (χ4n) is 5.15. The standard InChI is InChI=1S/C25H27F2N3O4/c26-25(27)33-22-5-3-4-21(23(22)34-25)30-11-9-29(10-12-30)8-1-2-13-32-16-6-7-17-18-15-19(18)24(31)28-20(17)14-16/h3-7,14,18-19H,1-2,8-13,15H2,(H,28,31)/t18-,19-/m0/s1. The molecule has 7 nitrogen and oxygen atoms in total. The summed E-state index contributed by atoms with van der Waals surface area (Å²) in [5.41, 5.74) is 2.77. The maximum Gasteiger partial charge on any atom is 0.586 e. The Balaban J connectivity index is 0.934. The van der Waals surface area contributed by atoms with Crippen LogP contribution >= 0.6 is 0 Å². The smallest absolute Gasteiger partial charge is 0.494 e. The van der Waals surface area contributed by atoms with Gasteiger partial charge in [-0.1, -0.05) is 12.1 Å². The number of benzene rings is 2. The van der Waals surface area contributed by atoms with Gasteiger partial charge in [-0.15, -0.1) is 8.78 Å². The molecule has 1 saturated carbocycles. The van der Waals surface area contributed by atoms with Gasteiger partial charge in [0.1, 0.15) is 5.75 Å². The van der Waals surface area contributed by atoms with Gasteiger partial charge in [-0.05, 0) is 55.5 Å². The lowest BCUT2D eigenvalue weighted by molar-refractivity contribution is -0.286. The summed E-state index contributed by atoms with van der Waals surface area (Å²) < 4.78 is 42.1. The fourth-order valence-corrected chi connectivity index (χ4v) is 5.15. The van der Waals surface area contributed by atoms with Gasteiger partial charge in [0.05, 0.1) is 12.3 Å². The highest BCUT2D eigenvalue weighted by atomic mass is 19.3. The molecule has 180 valence electrons. The molecule has 3 heterocycles. The van der Waals surface area contributed by atoms with E-state index < -0.39 is 6.29 Å². The van der Waals surface area contributed by atoms with Crippen LogP contribution in [-0.2, 0) is 4.79 Å². The van der Waals surface area contributed by atoms with Crippen molar-refractivity contribution in [1.29, 1.82) is 0 Å². The number of carbonyl (C=O) groups is 1. The van der Waals surface area contributed by atoms with Crippen molar-refractivity contribution in [3.05, 3.63) is 42.0 Å². The second kappa shape index (κ2) is 8.30. The van der Waals surface area contributed by atoms with Crippen molar-refractivity contribution in [3.63, 3.8) is 0 Å². The zero-order valence-electron chi connectivity index (χ0n) is 18.8. The van der Waals surface area contributed by atoms with E-state index in [0.29, 0.717) is 18.2 Å². The number of rotatable bonds is 7. The Morgan fingerprint density at radius 1 is 1.06 bits per heavy atom. The summed E-state index contributed by atoms with van der Waals surface area (Å²) in [6, 6.07) is 11.0. The summed E-state index contributed by atoms with van der Waals surface area (Å²) >= 11 is 0. The predicted molar refractivity (Wildman–Crippen MR) is 122 cm³/mol. The molecule has 0 spiro atoms. The van der Waals surface area contributed by atoms with E-state index in [4.69, 9.17) is 9.47 Å². The van der Waals surface area contributed by atoms with E-state index in [0.717, 1.165) is 63.4 Å². The highest BCUT2D eigenvalue weighted by Crippen LogP contribution is 2.53. The number of nitrogens with zero attached hydrogens (tertiary/aromatic N) is 2. The van der Waals surface area contributed by atoms with Crippen molar-refractivity contribution >= 4 is 17.3 Å². The predicted octanol–water partition coefficient (Wildman–Crippen LogP) is 4.04. The number of hydrogen-bond acceptors (Lipinski definition) is 6. The molecule has 9 heteroatoms. The normalized spacial score (nSPS) is 24.3. The summed E-state index contributed by atoms with van der Waals surface area (Å²) in [5, 5.41) is 2.99. The lowest BCUT2D eigenvalue weighted by Crippen LogP contribution is -2.46. The molecule has 1 amide bonds. The molecule has 34 heavy (non-hydrogen) atoms. The molecule has 2 aromatic rings. The molecule has 0 bridgehead atoms. The van der Waals surface area contributed by atoms with Crippen LogP contribution in [0.4, 0.5) is 20.2 Å². The number of halogens is 2. The number of fused-ring (bicyclic) bond motifs is 4. The van der Waals surface area contributed by atoms with E-state index in [1.165, 1.54) is 11.6 Å². The number of alkyl halides is 2. The topological polar surface area (TPSA) is 63.3 Å². The van der Waals surface area contributed by atoms with E-state index in [-0.39, 0.29) is 23.3 Å². The minimum atomic E-state index is -3.60. The van der Waals surface area contributed by atoms with E-state index in [1.54, 1.807) is 12.1 Å². The van der Waals surface area contributed by atoms with Crippen LogP contribution in [-0.4, -0.2) is 56.4 Å². The Morgan fingerprint density at radius 2 is 1.91 bits per heavy atom. The quantitative estimate of drug-likeness (QED) is 0.615. The lowest BCUT2D eigenvalue weighted by atomic mass is 10.0. The highest BCUT2D eigenvalue weighted by molar-refractivity contribution is 5.99. The van der Waals surface area contributed by atoms with Crippen LogP contribution in [0.2, 0.25) is 0 Å². The summed E-state index contributed by atoms with van der Waals surface area (Å²) in [5.74, 6) is 1.69. The molecular formula is C25H27F2N3O4. The summed E-state index contributed by atoms with van der Waals surface area (Å²) in [6.07, 6.45) is -0.704. The third-order valence-electron chi connectivity index (χ3n) is 7.07. The summed E-state index contributed by atoms with van der Waals surface area (Å²) in [4.78, 5) is 16.4. The molecule has 0 aromatic heterocycles. The monoisotopic (exact) mass is 471 g/mol. The van der Waals surface area contributed by atoms with Crippen LogP contribution in [0.1, 0.15) is 30.7 Å². The number of para-hydroxylation sites is 1. The van der Waals surface area contributed by atoms with E-state index in [1.807, 2.05) is 12.1 Å². The third kappa shape index (κ3) is 4.13. The average Bonchev–Trinajstić information content (AvgIpc) is 3.56. The molecule has 1 saturated heterocycles. The molecule has 2 atom stereocenters. The van der Waals surface area contributed by atoms with Gasteiger partial charge in [-0.3, -0.25) is 9.69 Å². The number of nitrogens with one attached hydrogen (secondary N) is 1. The van der Waals surface area contributed by atoms with Gasteiger partial charge in [0.15, 0.2) is 11.5 Å². The maximum absolute atomic E-state index is 13.5. The zero-order valence-corrected chi connectivity index (χ0v) is 18.8. The van der Waals surface area contributed by atoms with Crippen LogP contribution in [0.25, 0.3) is 0 Å². The summed E-state index contributed by atoms with van der Waals surface area (Å²) in [7, 11) is 0. The lowest BCUT2D eigenvalue weighted by Gasteiger charge is -2.36. The highest BCUT2D eigenvalue weighted by Gasteiger charge is 2.48. The molecule has 2 aromatic carbocycles. The number of amides is 1. The average molecular weight is 472 g/mol. The molecule has 0 radical (unpaired) electrons. The van der Waals surface area contributed by atoms with E-state index >= 15 is 0 Å². The van der Waals surface area contributed by atoms with Crippen LogP contribution in [0.5, 0.6) is 17.2 Å². The number of unbranched alkanes of at least 4 members (excludes halogenated alkanes) is 1. The number of carbonyl (C=O) groups excluding carboxylic acids is 1. The van der Waals surface area contributed by atoms with Crippen LogP contribution < -0.4 is 24.4 Å². The minimum Gasteiger partial charge on any atom is -0.494 e. The Labute approximate surface area is 196 Å².